The first-order valence-electron chi connectivity index (χ1n) is 9.48. The minimum atomic E-state index is -0.0603. The van der Waals surface area contributed by atoms with E-state index >= 15 is 0 Å². The molecular formula is C22H26N4O2S. The highest BCUT2D eigenvalue weighted by Gasteiger charge is 2.17. The van der Waals surface area contributed by atoms with E-state index in [0.717, 1.165) is 17.1 Å². The van der Waals surface area contributed by atoms with Gasteiger partial charge in [-0.15, -0.1) is 10.2 Å². The Hall–Kier alpha value is -2.64. The van der Waals surface area contributed by atoms with Gasteiger partial charge in [-0.05, 0) is 32.9 Å². The van der Waals surface area contributed by atoms with Crippen molar-refractivity contribution in [3.63, 3.8) is 0 Å². The van der Waals surface area contributed by atoms with Gasteiger partial charge in [-0.1, -0.05) is 59.3 Å². The molecule has 0 fully saturated rings. The fourth-order valence-corrected chi connectivity index (χ4v) is 3.68. The molecule has 3 aromatic rings. The van der Waals surface area contributed by atoms with Crippen LogP contribution in [0.15, 0.2) is 53.7 Å². The molecule has 0 radical (unpaired) electrons. The summed E-state index contributed by atoms with van der Waals surface area (Å²) in [5, 5.41) is 12.4. The van der Waals surface area contributed by atoms with Gasteiger partial charge in [-0.2, -0.15) is 0 Å². The molecule has 0 bridgehead atoms. The van der Waals surface area contributed by atoms with Gasteiger partial charge >= 0.3 is 0 Å². The predicted molar refractivity (Wildman–Crippen MR) is 116 cm³/mol. The van der Waals surface area contributed by atoms with Crippen LogP contribution in [0.4, 0.5) is 0 Å². The first-order valence-corrected chi connectivity index (χ1v) is 10.5. The molecule has 0 unspecified atom stereocenters. The number of nitrogens with zero attached hydrogens (tertiary/aromatic N) is 3. The Bertz CT molecular complexity index is 952. The van der Waals surface area contributed by atoms with Gasteiger partial charge in [-0.25, -0.2) is 0 Å². The van der Waals surface area contributed by atoms with Crippen molar-refractivity contribution >= 4 is 17.7 Å². The number of carbonyl (C=O) groups is 1. The SMILES string of the molecule is COC[C@@H](C)NC(=O)CSc1nnc(-c2ccc(C)cc2)n1-c1ccc(C)cc1. The van der Waals surface area contributed by atoms with Gasteiger partial charge in [-0.3, -0.25) is 9.36 Å². The molecule has 1 N–H and O–H groups in total. The zero-order valence-corrected chi connectivity index (χ0v) is 18.0. The standard InChI is InChI=1S/C22H26N4O2S/c1-15-5-9-18(10-6-15)21-24-25-22(26(21)19-11-7-16(2)8-12-19)29-14-20(27)23-17(3)13-28-4/h5-12,17H,13-14H2,1-4H3,(H,23,27)/t17-/m1/s1. The van der Waals surface area contributed by atoms with Gasteiger partial charge < -0.3 is 10.1 Å². The number of hydrogen-bond acceptors (Lipinski definition) is 5. The first-order chi connectivity index (χ1) is 14.0. The molecule has 1 aromatic heterocycles. The number of methoxy groups -OCH3 is 1. The third-order valence-corrected chi connectivity index (χ3v) is 5.32. The van der Waals surface area contributed by atoms with E-state index in [4.69, 9.17) is 4.74 Å². The van der Waals surface area contributed by atoms with Crippen LogP contribution in [-0.4, -0.2) is 46.2 Å². The molecule has 0 aliphatic heterocycles. The van der Waals surface area contributed by atoms with Crippen molar-refractivity contribution < 1.29 is 9.53 Å². The quantitative estimate of drug-likeness (QED) is 0.572. The van der Waals surface area contributed by atoms with Crippen LogP contribution in [0, 0.1) is 13.8 Å². The van der Waals surface area contributed by atoms with E-state index in [-0.39, 0.29) is 17.7 Å². The fraction of sp³-hybridized carbons (Fsp3) is 0.318. The average molecular weight is 411 g/mol. The van der Waals surface area contributed by atoms with E-state index in [1.54, 1.807) is 7.11 Å². The van der Waals surface area contributed by atoms with E-state index in [9.17, 15) is 4.79 Å². The average Bonchev–Trinajstić information content (AvgIpc) is 3.11. The Labute approximate surface area is 175 Å². The normalized spacial score (nSPS) is 12.0. The number of thioether (sulfide) groups is 1. The third-order valence-electron chi connectivity index (χ3n) is 4.39. The number of carbonyl (C=O) groups excluding carboxylic acids is 1. The van der Waals surface area contributed by atoms with E-state index in [1.165, 1.54) is 22.9 Å². The van der Waals surface area contributed by atoms with Gasteiger partial charge in [0.2, 0.25) is 5.91 Å². The third kappa shape index (κ3) is 5.46. The van der Waals surface area contributed by atoms with Crippen LogP contribution in [0.2, 0.25) is 0 Å². The maximum absolute atomic E-state index is 12.3. The van der Waals surface area contributed by atoms with Crippen LogP contribution >= 0.6 is 11.8 Å². The van der Waals surface area contributed by atoms with Gasteiger partial charge in [0.05, 0.1) is 12.4 Å². The van der Waals surface area contributed by atoms with Crippen molar-refractivity contribution in [2.45, 2.75) is 32.0 Å². The lowest BCUT2D eigenvalue weighted by Gasteiger charge is -2.13. The van der Waals surface area contributed by atoms with Gasteiger partial charge in [0.1, 0.15) is 0 Å². The minimum absolute atomic E-state index is 0.0359. The molecule has 0 saturated carbocycles. The maximum atomic E-state index is 12.3. The molecule has 1 amide bonds. The lowest BCUT2D eigenvalue weighted by Crippen LogP contribution is -2.36. The highest BCUT2D eigenvalue weighted by molar-refractivity contribution is 7.99. The first kappa shape index (κ1) is 21.1. The summed E-state index contributed by atoms with van der Waals surface area (Å²) in [5.41, 5.74) is 4.31. The number of rotatable bonds is 8. The number of aromatic nitrogens is 3. The van der Waals surface area contributed by atoms with E-state index < -0.39 is 0 Å². The Morgan fingerprint density at radius 2 is 1.69 bits per heavy atom. The number of aryl methyl sites for hydroxylation is 2. The topological polar surface area (TPSA) is 69.0 Å². The van der Waals surface area contributed by atoms with Crippen molar-refractivity contribution in [1.82, 2.24) is 20.1 Å². The van der Waals surface area contributed by atoms with E-state index in [2.05, 4.69) is 53.6 Å². The van der Waals surface area contributed by atoms with Crippen molar-refractivity contribution in [2.75, 3.05) is 19.5 Å². The summed E-state index contributed by atoms with van der Waals surface area (Å²) in [6.45, 7) is 6.50. The molecule has 1 heterocycles. The molecule has 6 nitrogen and oxygen atoms in total. The number of hydrogen-bond donors (Lipinski definition) is 1. The van der Waals surface area contributed by atoms with Crippen molar-refractivity contribution in [3.8, 4) is 17.1 Å². The number of ether oxygens (including phenoxy) is 1. The Morgan fingerprint density at radius 3 is 2.31 bits per heavy atom. The molecule has 0 saturated heterocycles. The van der Waals surface area contributed by atoms with Gasteiger partial charge in [0.25, 0.3) is 0 Å². The lowest BCUT2D eigenvalue weighted by molar-refractivity contribution is -0.119. The molecule has 1 atom stereocenters. The Kier molecular flexibility index (Phi) is 7.06. The summed E-state index contributed by atoms with van der Waals surface area (Å²) in [5.74, 6) is 0.950. The molecule has 7 heteroatoms. The highest BCUT2D eigenvalue weighted by atomic mass is 32.2. The summed E-state index contributed by atoms with van der Waals surface area (Å²) < 4.78 is 7.07. The molecule has 3 rings (SSSR count). The second-order valence-corrected chi connectivity index (χ2v) is 8.00. The smallest absolute Gasteiger partial charge is 0.230 e. The summed E-state index contributed by atoms with van der Waals surface area (Å²) >= 11 is 1.37. The fourth-order valence-electron chi connectivity index (χ4n) is 2.92. The number of benzene rings is 2. The summed E-state index contributed by atoms with van der Waals surface area (Å²) in [6, 6.07) is 16.4. The van der Waals surface area contributed by atoms with Crippen LogP contribution in [0.3, 0.4) is 0 Å². The molecule has 0 spiro atoms. The van der Waals surface area contributed by atoms with Gasteiger partial charge in [0, 0.05) is 24.4 Å². The summed E-state index contributed by atoms with van der Waals surface area (Å²) in [7, 11) is 1.62. The Morgan fingerprint density at radius 1 is 1.07 bits per heavy atom. The van der Waals surface area contributed by atoms with E-state index in [0.29, 0.717) is 11.8 Å². The van der Waals surface area contributed by atoms with Crippen LogP contribution in [0.1, 0.15) is 18.1 Å². The zero-order chi connectivity index (χ0) is 20.8. The van der Waals surface area contributed by atoms with Crippen molar-refractivity contribution in [1.29, 1.82) is 0 Å². The number of amides is 1. The van der Waals surface area contributed by atoms with Crippen molar-refractivity contribution in [3.05, 3.63) is 59.7 Å². The van der Waals surface area contributed by atoms with Crippen molar-refractivity contribution in [2.24, 2.45) is 0 Å². The molecule has 0 aliphatic carbocycles. The molecule has 152 valence electrons. The second kappa shape index (κ2) is 9.71. The summed E-state index contributed by atoms with van der Waals surface area (Å²) in [6.07, 6.45) is 0. The lowest BCUT2D eigenvalue weighted by atomic mass is 10.1. The predicted octanol–water partition coefficient (Wildman–Crippen LogP) is 3.79. The highest BCUT2D eigenvalue weighted by Crippen LogP contribution is 2.28. The Balaban J connectivity index is 1.88. The maximum Gasteiger partial charge on any atom is 0.230 e. The monoisotopic (exact) mass is 410 g/mol. The van der Waals surface area contributed by atoms with Crippen LogP contribution < -0.4 is 5.32 Å². The molecule has 29 heavy (non-hydrogen) atoms. The largest absolute Gasteiger partial charge is 0.383 e. The van der Waals surface area contributed by atoms with Crippen LogP contribution in [0.25, 0.3) is 17.1 Å². The van der Waals surface area contributed by atoms with Crippen LogP contribution in [-0.2, 0) is 9.53 Å². The zero-order valence-electron chi connectivity index (χ0n) is 17.2. The molecule has 0 aliphatic rings. The molecule has 2 aromatic carbocycles. The van der Waals surface area contributed by atoms with Crippen LogP contribution in [0.5, 0.6) is 0 Å². The second-order valence-electron chi connectivity index (χ2n) is 7.06. The molecular weight excluding hydrogens is 384 g/mol. The van der Waals surface area contributed by atoms with E-state index in [1.807, 2.05) is 35.8 Å². The minimum Gasteiger partial charge on any atom is -0.383 e. The number of nitrogens with one attached hydrogen (secondary N) is 1. The summed E-state index contributed by atoms with van der Waals surface area (Å²) in [4.78, 5) is 12.3. The van der Waals surface area contributed by atoms with Gasteiger partial charge in [0.15, 0.2) is 11.0 Å².